The van der Waals surface area contributed by atoms with Crippen LogP contribution < -0.4 is 4.90 Å². The molecule has 1 amide bonds. The normalized spacial score (nSPS) is 15.9. The van der Waals surface area contributed by atoms with Crippen molar-refractivity contribution in [3.8, 4) is 0 Å². The van der Waals surface area contributed by atoms with Crippen molar-refractivity contribution in [2.45, 2.75) is 52.2 Å². The number of carbonyl (C=O) groups is 1. The second-order valence-electron chi connectivity index (χ2n) is 7.86. The topological polar surface area (TPSA) is 45.7 Å². The minimum absolute atomic E-state index is 0.198. The molecule has 2 heterocycles. The minimum Gasteiger partial charge on any atom is -0.444 e. The van der Waals surface area contributed by atoms with E-state index in [9.17, 15) is 4.79 Å². The molecule has 140 valence electrons. The summed E-state index contributed by atoms with van der Waals surface area (Å²) in [6.45, 7) is 10.3. The van der Waals surface area contributed by atoms with Crippen molar-refractivity contribution in [2.75, 3.05) is 24.5 Å². The molecule has 1 fully saturated rings. The lowest BCUT2D eigenvalue weighted by Gasteiger charge is -2.39. The van der Waals surface area contributed by atoms with E-state index >= 15 is 0 Å². The highest BCUT2D eigenvalue weighted by atomic mass is 16.6. The fourth-order valence-electron chi connectivity index (χ4n) is 3.58. The molecule has 0 aliphatic carbocycles. The zero-order chi connectivity index (χ0) is 18.7. The SMILES string of the molecule is CCN(c1ccc2ncccc2c1)C1CCN(C(=O)OC(C)(C)C)CC1. The van der Waals surface area contributed by atoms with Gasteiger partial charge in [0, 0.05) is 42.9 Å². The van der Waals surface area contributed by atoms with Crippen LogP contribution in [0.25, 0.3) is 10.9 Å². The van der Waals surface area contributed by atoms with Crippen LogP contribution in [0.15, 0.2) is 36.5 Å². The van der Waals surface area contributed by atoms with E-state index in [4.69, 9.17) is 4.74 Å². The third-order valence-electron chi connectivity index (χ3n) is 4.82. The zero-order valence-electron chi connectivity index (χ0n) is 16.2. The molecular formula is C21H29N3O2. The Bertz CT molecular complexity index is 761. The Balaban J connectivity index is 1.67. The van der Waals surface area contributed by atoms with Gasteiger partial charge in [0.25, 0.3) is 0 Å². The molecule has 0 unspecified atom stereocenters. The number of anilines is 1. The molecule has 1 aromatic heterocycles. The smallest absolute Gasteiger partial charge is 0.410 e. The summed E-state index contributed by atoms with van der Waals surface area (Å²) in [5.74, 6) is 0. The molecule has 1 aliphatic rings. The number of pyridine rings is 1. The van der Waals surface area contributed by atoms with Crippen LogP contribution in [0.2, 0.25) is 0 Å². The van der Waals surface area contributed by atoms with Crippen LogP contribution in [-0.4, -0.2) is 47.3 Å². The van der Waals surface area contributed by atoms with Gasteiger partial charge in [0.05, 0.1) is 5.52 Å². The average Bonchev–Trinajstić information content (AvgIpc) is 2.61. The lowest BCUT2D eigenvalue weighted by atomic mass is 10.0. The van der Waals surface area contributed by atoms with Gasteiger partial charge < -0.3 is 14.5 Å². The first kappa shape index (κ1) is 18.5. The number of aromatic nitrogens is 1. The number of hydrogen-bond donors (Lipinski definition) is 0. The van der Waals surface area contributed by atoms with Gasteiger partial charge in [-0.05, 0) is 64.8 Å². The molecule has 3 rings (SSSR count). The molecular weight excluding hydrogens is 326 g/mol. The van der Waals surface area contributed by atoms with Gasteiger partial charge in [-0.2, -0.15) is 0 Å². The maximum absolute atomic E-state index is 12.3. The first-order valence-corrected chi connectivity index (χ1v) is 9.47. The molecule has 1 aliphatic heterocycles. The predicted octanol–water partition coefficient (Wildman–Crippen LogP) is 4.46. The van der Waals surface area contributed by atoms with E-state index in [2.05, 4.69) is 41.1 Å². The summed E-state index contributed by atoms with van der Waals surface area (Å²) >= 11 is 0. The van der Waals surface area contributed by atoms with Gasteiger partial charge in [-0.25, -0.2) is 4.79 Å². The Morgan fingerprint density at radius 3 is 2.65 bits per heavy atom. The van der Waals surface area contributed by atoms with Crippen molar-refractivity contribution in [3.05, 3.63) is 36.5 Å². The van der Waals surface area contributed by atoms with Crippen LogP contribution in [0.1, 0.15) is 40.5 Å². The van der Waals surface area contributed by atoms with E-state index in [0.29, 0.717) is 6.04 Å². The quantitative estimate of drug-likeness (QED) is 0.815. The van der Waals surface area contributed by atoms with Gasteiger partial charge in [0.2, 0.25) is 0 Å². The largest absolute Gasteiger partial charge is 0.444 e. The number of amides is 1. The van der Waals surface area contributed by atoms with Crippen molar-refractivity contribution in [1.29, 1.82) is 0 Å². The van der Waals surface area contributed by atoms with E-state index in [0.717, 1.165) is 43.4 Å². The highest BCUT2D eigenvalue weighted by Gasteiger charge is 2.29. The van der Waals surface area contributed by atoms with Crippen LogP contribution in [-0.2, 0) is 4.74 Å². The number of benzene rings is 1. The molecule has 0 radical (unpaired) electrons. The molecule has 5 nitrogen and oxygen atoms in total. The Kier molecular flexibility index (Phi) is 5.35. The maximum Gasteiger partial charge on any atom is 0.410 e. The number of nitrogens with zero attached hydrogens (tertiary/aromatic N) is 3. The Labute approximate surface area is 156 Å². The molecule has 0 spiro atoms. The zero-order valence-corrected chi connectivity index (χ0v) is 16.2. The highest BCUT2D eigenvalue weighted by molar-refractivity contribution is 5.82. The Morgan fingerprint density at radius 2 is 2.00 bits per heavy atom. The van der Waals surface area contributed by atoms with E-state index in [1.807, 2.05) is 37.9 Å². The maximum atomic E-state index is 12.3. The van der Waals surface area contributed by atoms with Crippen molar-refractivity contribution in [1.82, 2.24) is 9.88 Å². The Morgan fingerprint density at radius 1 is 1.27 bits per heavy atom. The summed E-state index contributed by atoms with van der Waals surface area (Å²) in [4.78, 5) is 20.9. The molecule has 1 saturated heterocycles. The van der Waals surface area contributed by atoms with Crippen LogP contribution >= 0.6 is 0 Å². The fraction of sp³-hybridized carbons (Fsp3) is 0.524. The van der Waals surface area contributed by atoms with Crippen LogP contribution in [0.5, 0.6) is 0 Å². The average molecular weight is 355 g/mol. The summed E-state index contributed by atoms with van der Waals surface area (Å²) < 4.78 is 5.50. The van der Waals surface area contributed by atoms with Gasteiger partial charge in [0.15, 0.2) is 0 Å². The molecule has 5 heteroatoms. The van der Waals surface area contributed by atoms with Gasteiger partial charge in [-0.15, -0.1) is 0 Å². The molecule has 2 aromatic rings. The van der Waals surface area contributed by atoms with Crippen LogP contribution in [0, 0.1) is 0 Å². The standard InChI is InChI=1S/C21H29N3O2/c1-5-24(18-8-9-19-16(15-18)7-6-12-22-19)17-10-13-23(14-11-17)20(25)26-21(2,3)4/h6-9,12,15,17H,5,10-11,13-14H2,1-4H3. The number of fused-ring (bicyclic) bond motifs is 1. The third-order valence-corrected chi connectivity index (χ3v) is 4.82. The fourth-order valence-corrected chi connectivity index (χ4v) is 3.58. The number of ether oxygens (including phenoxy) is 1. The van der Waals surface area contributed by atoms with Crippen molar-refractivity contribution >= 4 is 22.7 Å². The molecule has 1 aromatic carbocycles. The van der Waals surface area contributed by atoms with Gasteiger partial charge in [0.1, 0.15) is 5.60 Å². The summed E-state index contributed by atoms with van der Waals surface area (Å²) in [6, 6.07) is 11.0. The van der Waals surface area contributed by atoms with Gasteiger partial charge >= 0.3 is 6.09 Å². The Hall–Kier alpha value is -2.30. The summed E-state index contributed by atoms with van der Waals surface area (Å²) in [5, 5.41) is 1.16. The van der Waals surface area contributed by atoms with Crippen molar-refractivity contribution < 1.29 is 9.53 Å². The third kappa shape index (κ3) is 4.26. The van der Waals surface area contributed by atoms with E-state index < -0.39 is 5.60 Å². The molecule has 0 bridgehead atoms. The first-order chi connectivity index (χ1) is 12.4. The number of hydrogen-bond acceptors (Lipinski definition) is 4. The second kappa shape index (κ2) is 7.52. The summed E-state index contributed by atoms with van der Waals surface area (Å²) in [6.07, 6.45) is 3.54. The molecule has 0 N–H and O–H groups in total. The van der Waals surface area contributed by atoms with Crippen molar-refractivity contribution in [3.63, 3.8) is 0 Å². The number of likely N-dealkylation sites (tertiary alicyclic amines) is 1. The van der Waals surface area contributed by atoms with Gasteiger partial charge in [-0.1, -0.05) is 6.07 Å². The van der Waals surface area contributed by atoms with Crippen molar-refractivity contribution in [2.24, 2.45) is 0 Å². The number of piperidine rings is 1. The summed E-state index contributed by atoms with van der Waals surface area (Å²) in [5.41, 5.74) is 1.80. The van der Waals surface area contributed by atoms with Crippen LogP contribution in [0.4, 0.5) is 10.5 Å². The van der Waals surface area contributed by atoms with E-state index in [1.165, 1.54) is 5.69 Å². The first-order valence-electron chi connectivity index (χ1n) is 9.47. The monoisotopic (exact) mass is 355 g/mol. The number of rotatable bonds is 3. The molecule has 0 saturated carbocycles. The lowest BCUT2D eigenvalue weighted by Crippen LogP contribution is -2.48. The summed E-state index contributed by atoms with van der Waals surface area (Å²) in [7, 11) is 0. The second-order valence-corrected chi connectivity index (χ2v) is 7.86. The highest BCUT2D eigenvalue weighted by Crippen LogP contribution is 2.27. The van der Waals surface area contributed by atoms with Crippen LogP contribution in [0.3, 0.4) is 0 Å². The van der Waals surface area contributed by atoms with Gasteiger partial charge in [-0.3, -0.25) is 4.98 Å². The predicted molar refractivity (Wildman–Crippen MR) is 106 cm³/mol. The van der Waals surface area contributed by atoms with E-state index in [1.54, 1.807) is 0 Å². The minimum atomic E-state index is -0.442. The van der Waals surface area contributed by atoms with E-state index in [-0.39, 0.29) is 6.09 Å². The lowest BCUT2D eigenvalue weighted by molar-refractivity contribution is 0.0205. The number of carbonyl (C=O) groups excluding carboxylic acids is 1. The molecule has 26 heavy (non-hydrogen) atoms. The molecule has 0 atom stereocenters.